The van der Waals surface area contributed by atoms with Gasteiger partial charge in [-0.25, -0.2) is 4.98 Å². The first-order chi connectivity index (χ1) is 12.6. The molecule has 0 spiro atoms. The molecule has 0 saturated carbocycles. The predicted molar refractivity (Wildman–Crippen MR) is 101 cm³/mol. The molecule has 0 unspecified atom stereocenters. The molecule has 0 radical (unpaired) electrons. The fourth-order valence-corrected chi connectivity index (χ4v) is 2.80. The van der Waals surface area contributed by atoms with Gasteiger partial charge >= 0.3 is 0 Å². The summed E-state index contributed by atoms with van der Waals surface area (Å²) in [5.74, 6) is 0.754. The zero-order chi connectivity index (χ0) is 18.5. The third-order valence-corrected chi connectivity index (χ3v) is 4.08. The number of hydrogen-bond acceptors (Lipinski definition) is 5. The molecule has 1 amide bonds. The Kier molecular flexibility index (Phi) is 5.26. The number of para-hydroxylation sites is 1. The van der Waals surface area contributed by atoms with Gasteiger partial charge in [-0.2, -0.15) is 5.10 Å². The number of amides is 1. The Morgan fingerprint density at radius 3 is 2.81 bits per heavy atom. The number of rotatable bonds is 6. The maximum atomic E-state index is 12.2. The molecular weight excluding hydrogens is 330 g/mol. The fraction of sp³-hybridized carbons (Fsp3) is 0.263. The Balaban J connectivity index is 1.64. The van der Waals surface area contributed by atoms with Crippen molar-refractivity contribution in [2.75, 3.05) is 19.0 Å². The van der Waals surface area contributed by atoms with Gasteiger partial charge < -0.3 is 10.2 Å². The van der Waals surface area contributed by atoms with E-state index in [-0.39, 0.29) is 17.8 Å². The van der Waals surface area contributed by atoms with Crippen LogP contribution in [0.3, 0.4) is 0 Å². The zero-order valence-corrected chi connectivity index (χ0v) is 14.8. The Morgan fingerprint density at radius 1 is 1.19 bits per heavy atom. The lowest BCUT2D eigenvalue weighted by molar-refractivity contribution is -0.121. The van der Waals surface area contributed by atoms with Crippen molar-refractivity contribution in [1.82, 2.24) is 20.1 Å². The first-order valence-electron chi connectivity index (χ1n) is 8.39. The highest BCUT2D eigenvalue weighted by atomic mass is 16.1. The topological polar surface area (TPSA) is 80.1 Å². The van der Waals surface area contributed by atoms with Crippen LogP contribution in [0, 0.1) is 0 Å². The third kappa shape index (κ3) is 3.88. The van der Waals surface area contributed by atoms with Crippen molar-refractivity contribution in [2.24, 2.45) is 0 Å². The van der Waals surface area contributed by atoms with Crippen LogP contribution in [0.4, 0.5) is 5.82 Å². The van der Waals surface area contributed by atoms with E-state index in [1.54, 1.807) is 16.9 Å². The molecule has 0 atom stereocenters. The van der Waals surface area contributed by atoms with Crippen molar-refractivity contribution < 1.29 is 4.79 Å². The van der Waals surface area contributed by atoms with E-state index in [0.717, 1.165) is 16.9 Å². The van der Waals surface area contributed by atoms with Gasteiger partial charge in [0.05, 0.1) is 18.3 Å². The number of anilines is 1. The maximum absolute atomic E-state index is 12.2. The average molecular weight is 351 g/mol. The molecule has 0 aliphatic heterocycles. The Morgan fingerprint density at radius 2 is 2.00 bits per heavy atom. The minimum absolute atomic E-state index is 0.0804. The predicted octanol–water partition coefficient (Wildman–Crippen LogP) is 1.56. The summed E-state index contributed by atoms with van der Waals surface area (Å²) in [6.45, 7) is 0.818. The lowest BCUT2D eigenvalue weighted by atomic mass is 10.2. The molecule has 0 bridgehead atoms. The summed E-state index contributed by atoms with van der Waals surface area (Å²) in [6, 6.07) is 11.1. The van der Waals surface area contributed by atoms with Crippen LogP contribution in [-0.2, 0) is 17.9 Å². The number of fused-ring (bicyclic) bond motifs is 1. The smallest absolute Gasteiger partial charge is 0.222 e. The number of carbonyl (C=O) groups is 1. The molecule has 1 aromatic carbocycles. The van der Waals surface area contributed by atoms with E-state index < -0.39 is 0 Å². The van der Waals surface area contributed by atoms with Crippen molar-refractivity contribution in [3.8, 4) is 0 Å². The van der Waals surface area contributed by atoms with Crippen molar-refractivity contribution in [2.45, 2.75) is 19.5 Å². The molecule has 0 fully saturated rings. The lowest BCUT2D eigenvalue weighted by Gasteiger charge is -2.16. The number of aryl methyl sites for hydroxylation is 1. The molecule has 0 aliphatic carbocycles. The number of pyridine rings is 1. The molecule has 7 nitrogen and oxygen atoms in total. The van der Waals surface area contributed by atoms with Crippen molar-refractivity contribution >= 4 is 22.6 Å². The van der Waals surface area contributed by atoms with Gasteiger partial charge in [0.2, 0.25) is 11.3 Å². The quantitative estimate of drug-likeness (QED) is 0.729. The summed E-state index contributed by atoms with van der Waals surface area (Å²) in [5, 5.41) is 7.66. The molecule has 0 saturated heterocycles. The molecule has 26 heavy (non-hydrogen) atoms. The van der Waals surface area contributed by atoms with Gasteiger partial charge in [0, 0.05) is 44.2 Å². The van der Waals surface area contributed by atoms with E-state index in [2.05, 4.69) is 15.4 Å². The van der Waals surface area contributed by atoms with Crippen molar-refractivity contribution in [1.29, 1.82) is 0 Å². The first-order valence-corrected chi connectivity index (χ1v) is 8.39. The Labute approximate surface area is 151 Å². The minimum Gasteiger partial charge on any atom is -0.362 e. The molecule has 3 aromatic rings. The van der Waals surface area contributed by atoms with Crippen LogP contribution < -0.4 is 15.6 Å². The summed E-state index contributed by atoms with van der Waals surface area (Å²) in [6.07, 6.45) is 3.30. The van der Waals surface area contributed by atoms with Crippen LogP contribution >= 0.6 is 0 Å². The molecule has 0 aliphatic rings. The monoisotopic (exact) mass is 351 g/mol. The highest BCUT2D eigenvalue weighted by molar-refractivity contribution is 5.79. The maximum Gasteiger partial charge on any atom is 0.222 e. The van der Waals surface area contributed by atoms with Gasteiger partial charge in [-0.05, 0) is 18.2 Å². The summed E-state index contributed by atoms with van der Waals surface area (Å²) < 4.78 is 1.69. The molecule has 7 heteroatoms. The first kappa shape index (κ1) is 17.6. The van der Waals surface area contributed by atoms with E-state index in [0.29, 0.717) is 18.5 Å². The SMILES string of the molecule is CN(C)c1ncccc1CNC(=O)CCn1ncc(=O)c2ccccc21. The van der Waals surface area contributed by atoms with Gasteiger partial charge in [-0.1, -0.05) is 18.2 Å². The van der Waals surface area contributed by atoms with E-state index in [1.165, 1.54) is 6.20 Å². The van der Waals surface area contributed by atoms with E-state index in [9.17, 15) is 9.59 Å². The van der Waals surface area contributed by atoms with Gasteiger partial charge in [-0.3, -0.25) is 14.3 Å². The number of hydrogen-bond donors (Lipinski definition) is 1. The van der Waals surface area contributed by atoms with E-state index >= 15 is 0 Å². The number of nitrogens with one attached hydrogen (secondary N) is 1. The number of benzene rings is 1. The molecule has 3 rings (SSSR count). The second kappa shape index (κ2) is 7.77. The van der Waals surface area contributed by atoms with Crippen LogP contribution in [-0.4, -0.2) is 34.8 Å². The van der Waals surface area contributed by atoms with Crippen LogP contribution in [0.15, 0.2) is 53.6 Å². The second-order valence-electron chi connectivity index (χ2n) is 6.16. The van der Waals surface area contributed by atoms with Crippen molar-refractivity contribution in [3.63, 3.8) is 0 Å². The minimum atomic E-state index is -0.117. The highest BCUT2D eigenvalue weighted by Gasteiger charge is 2.09. The third-order valence-electron chi connectivity index (χ3n) is 4.08. The highest BCUT2D eigenvalue weighted by Crippen LogP contribution is 2.14. The molecule has 134 valence electrons. The normalized spacial score (nSPS) is 10.7. The van der Waals surface area contributed by atoms with E-state index in [1.807, 2.05) is 49.3 Å². The Bertz CT molecular complexity index is 981. The van der Waals surface area contributed by atoms with Crippen LogP contribution in [0.5, 0.6) is 0 Å². The zero-order valence-electron chi connectivity index (χ0n) is 14.8. The summed E-state index contributed by atoms with van der Waals surface area (Å²) in [7, 11) is 3.83. The number of nitrogens with zero attached hydrogens (tertiary/aromatic N) is 4. The summed E-state index contributed by atoms with van der Waals surface area (Å²) >= 11 is 0. The van der Waals surface area contributed by atoms with Crippen molar-refractivity contribution in [3.05, 3.63) is 64.6 Å². The number of aromatic nitrogens is 3. The van der Waals surface area contributed by atoms with E-state index in [4.69, 9.17) is 0 Å². The standard InChI is InChI=1S/C19H21N5O2/c1-23(2)19-14(6-5-10-20-19)12-21-18(26)9-11-24-16-8-4-3-7-15(16)17(25)13-22-24/h3-8,10,13H,9,11-12H2,1-2H3,(H,21,26). The second-order valence-corrected chi connectivity index (χ2v) is 6.16. The summed E-state index contributed by atoms with van der Waals surface area (Å²) in [5.41, 5.74) is 1.57. The largest absolute Gasteiger partial charge is 0.362 e. The van der Waals surface area contributed by atoms with Gasteiger partial charge in [-0.15, -0.1) is 0 Å². The van der Waals surface area contributed by atoms with Crippen LogP contribution in [0.25, 0.3) is 10.9 Å². The fourth-order valence-electron chi connectivity index (χ4n) is 2.80. The summed E-state index contributed by atoms with van der Waals surface area (Å²) in [4.78, 5) is 30.3. The molecular formula is C19H21N5O2. The average Bonchev–Trinajstić information content (AvgIpc) is 2.66. The van der Waals surface area contributed by atoms with Crippen LogP contribution in [0.1, 0.15) is 12.0 Å². The lowest BCUT2D eigenvalue weighted by Crippen LogP contribution is -2.26. The van der Waals surface area contributed by atoms with Gasteiger partial charge in [0.25, 0.3) is 0 Å². The Hall–Kier alpha value is -3.22. The van der Waals surface area contributed by atoms with Crippen LogP contribution in [0.2, 0.25) is 0 Å². The molecule has 2 aromatic heterocycles. The van der Waals surface area contributed by atoms with Gasteiger partial charge in [0.1, 0.15) is 5.82 Å². The number of carbonyl (C=O) groups excluding carboxylic acids is 1. The molecule has 2 heterocycles. The molecule has 1 N–H and O–H groups in total. The van der Waals surface area contributed by atoms with Gasteiger partial charge in [0.15, 0.2) is 0 Å².